The van der Waals surface area contributed by atoms with Crippen LogP contribution in [0.2, 0.25) is 0 Å². The number of aliphatic hydroxyl groups excluding tert-OH is 1. The van der Waals surface area contributed by atoms with Gasteiger partial charge in [0.1, 0.15) is 12.7 Å². The number of ether oxygens (including phenoxy) is 2. The van der Waals surface area contributed by atoms with E-state index in [4.69, 9.17) is 23.8 Å². The van der Waals surface area contributed by atoms with Crippen molar-refractivity contribution < 1.29 is 61.6 Å². The van der Waals surface area contributed by atoms with Gasteiger partial charge in [0.2, 0.25) is 0 Å². The summed E-state index contributed by atoms with van der Waals surface area (Å²) in [6, 6.07) is 0. The quantitative estimate of drug-likeness (QED) is 0.0197. The fourth-order valence-corrected chi connectivity index (χ4v) is 6.73. The zero-order valence-electron chi connectivity index (χ0n) is 34.0. The van der Waals surface area contributed by atoms with Gasteiger partial charge in [0.05, 0.1) is 19.8 Å². The van der Waals surface area contributed by atoms with Crippen molar-refractivity contribution >= 4 is 27.6 Å². The summed E-state index contributed by atoms with van der Waals surface area (Å²) in [5.74, 6) is -1.04. The highest BCUT2D eigenvalue weighted by Crippen LogP contribution is 2.43. The van der Waals surface area contributed by atoms with Gasteiger partial charge >= 0.3 is 27.6 Å². The van der Waals surface area contributed by atoms with Crippen LogP contribution in [-0.2, 0) is 41.8 Å². The van der Waals surface area contributed by atoms with Gasteiger partial charge in [-0.05, 0) is 64.2 Å². The van der Waals surface area contributed by atoms with Crippen LogP contribution in [-0.4, -0.2) is 70.4 Å². The summed E-state index contributed by atoms with van der Waals surface area (Å²) in [6.45, 7) is 1.72. The maximum atomic E-state index is 12.6. The minimum Gasteiger partial charge on any atom is -0.462 e. The lowest BCUT2D eigenvalue weighted by Crippen LogP contribution is -2.30. The van der Waals surface area contributed by atoms with Gasteiger partial charge in [-0.2, -0.15) is 0 Å². The van der Waals surface area contributed by atoms with Crippen LogP contribution < -0.4 is 0 Å². The van der Waals surface area contributed by atoms with Crippen molar-refractivity contribution in [1.82, 2.24) is 0 Å². The molecule has 55 heavy (non-hydrogen) atoms. The van der Waals surface area contributed by atoms with Gasteiger partial charge in [-0.25, -0.2) is 9.13 Å². The smallest absolute Gasteiger partial charge is 0.462 e. The van der Waals surface area contributed by atoms with Gasteiger partial charge in [0.15, 0.2) is 6.10 Å². The summed E-state index contributed by atoms with van der Waals surface area (Å²) in [7, 11) is -9.66. The molecular weight excluding hydrogens is 750 g/mol. The minimum absolute atomic E-state index is 0.122. The maximum Gasteiger partial charge on any atom is 0.472 e. The van der Waals surface area contributed by atoms with Crippen LogP contribution in [0.15, 0.2) is 24.3 Å². The Kier molecular flexibility index (Phi) is 36.0. The molecule has 0 radical (unpaired) electrons. The standard InChI is InChI=1S/C40H76O13P2/c1-3-5-7-9-11-13-15-17-18-20-21-23-25-27-29-31-39(42)49-35-38(36-52-55(47,48)51-34-37(41)33-50-54(44,45)46)53-40(43)32-30-28-26-24-22-19-16-14-12-10-8-6-4-2/h13-16,37-38,41H,3-12,17-36H2,1-2H3,(H,47,48)(H2,44,45,46)/b15-13-,16-14-/t37-,38+/m0/s1. The van der Waals surface area contributed by atoms with Crippen molar-refractivity contribution in [2.75, 3.05) is 26.4 Å². The minimum atomic E-state index is -4.86. The van der Waals surface area contributed by atoms with Crippen molar-refractivity contribution in [3.63, 3.8) is 0 Å². The van der Waals surface area contributed by atoms with Gasteiger partial charge in [-0.1, -0.05) is 128 Å². The molecule has 4 N–H and O–H groups in total. The number of phosphoric acid groups is 2. The Labute approximate surface area is 332 Å². The van der Waals surface area contributed by atoms with E-state index in [9.17, 15) is 28.7 Å². The first-order valence-corrected chi connectivity index (χ1v) is 24.1. The van der Waals surface area contributed by atoms with Crippen molar-refractivity contribution in [2.24, 2.45) is 0 Å². The van der Waals surface area contributed by atoms with Crippen molar-refractivity contribution in [3.05, 3.63) is 24.3 Å². The molecule has 0 aliphatic carbocycles. The fraction of sp³-hybridized carbons (Fsp3) is 0.850. The molecule has 0 aromatic rings. The van der Waals surface area contributed by atoms with Gasteiger partial charge < -0.3 is 29.3 Å². The van der Waals surface area contributed by atoms with Gasteiger partial charge in [-0.15, -0.1) is 0 Å². The van der Waals surface area contributed by atoms with Crippen LogP contribution in [0, 0.1) is 0 Å². The molecule has 0 bridgehead atoms. The molecule has 15 heteroatoms. The Bertz CT molecular complexity index is 1080. The molecule has 0 spiro atoms. The largest absolute Gasteiger partial charge is 0.472 e. The summed E-state index contributed by atoms with van der Waals surface area (Å²) in [6.07, 6.45) is 33.1. The predicted molar refractivity (Wildman–Crippen MR) is 216 cm³/mol. The molecule has 0 saturated carbocycles. The molecule has 3 atom stereocenters. The second-order valence-corrected chi connectivity index (χ2v) is 16.9. The number of carbonyl (C=O) groups is 2. The molecule has 1 unspecified atom stereocenters. The Balaban J connectivity index is 4.54. The second kappa shape index (κ2) is 36.9. The Morgan fingerprint density at radius 1 is 0.509 bits per heavy atom. The number of aliphatic hydroxyl groups is 1. The molecule has 0 saturated heterocycles. The topological polar surface area (TPSA) is 195 Å². The molecule has 0 fully saturated rings. The highest BCUT2D eigenvalue weighted by molar-refractivity contribution is 7.47. The summed E-state index contributed by atoms with van der Waals surface area (Å²) in [4.78, 5) is 52.6. The fourth-order valence-electron chi connectivity index (χ4n) is 5.57. The van der Waals surface area contributed by atoms with E-state index in [1.807, 2.05) is 0 Å². The van der Waals surface area contributed by atoms with E-state index in [2.05, 4.69) is 47.2 Å². The highest BCUT2D eigenvalue weighted by atomic mass is 31.2. The first-order valence-electron chi connectivity index (χ1n) is 21.0. The maximum absolute atomic E-state index is 12.6. The second-order valence-electron chi connectivity index (χ2n) is 14.3. The van der Waals surface area contributed by atoms with Crippen LogP contribution in [0.5, 0.6) is 0 Å². The number of hydrogen-bond donors (Lipinski definition) is 4. The van der Waals surface area contributed by atoms with Crippen LogP contribution >= 0.6 is 15.6 Å². The van der Waals surface area contributed by atoms with Crippen molar-refractivity contribution in [2.45, 2.75) is 193 Å². The van der Waals surface area contributed by atoms with Crippen molar-refractivity contribution in [3.8, 4) is 0 Å². The predicted octanol–water partition coefficient (Wildman–Crippen LogP) is 10.3. The molecule has 0 amide bonds. The van der Waals surface area contributed by atoms with E-state index in [1.54, 1.807) is 0 Å². The molecule has 0 aromatic carbocycles. The molecule has 13 nitrogen and oxygen atoms in total. The van der Waals surface area contributed by atoms with Crippen LogP contribution in [0.1, 0.15) is 181 Å². The molecule has 0 heterocycles. The SMILES string of the molecule is CCCCCC/C=C\CCCCCCCCCC(=O)OC[C@H](COP(=O)(O)OC[C@@H](O)COP(=O)(O)O)OC(=O)CCCCCCC/C=C\CCCCCC. The van der Waals surface area contributed by atoms with Crippen molar-refractivity contribution in [1.29, 1.82) is 0 Å². The average molecular weight is 827 g/mol. The summed E-state index contributed by atoms with van der Waals surface area (Å²) >= 11 is 0. The number of rotatable bonds is 40. The molecule has 0 rings (SSSR count). The van der Waals surface area contributed by atoms with Gasteiger partial charge in [-0.3, -0.25) is 23.2 Å². The lowest BCUT2D eigenvalue weighted by Gasteiger charge is -2.20. The molecule has 0 aliphatic heterocycles. The van der Waals surface area contributed by atoms with E-state index >= 15 is 0 Å². The van der Waals surface area contributed by atoms with E-state index in [-0.39, 0.29) is 19.4 Å². The summed E-state index contributed by atoms with van der Waals surface area (Å²) < 4.78 is 47.7. The van der Waals surface area contributed by atoms with E-state index < -0.39 is 59.6 Å². The molecular formula is C40H76O13P2. The summed E-state index contributed by atoms with van der Waals surface area (Å²) in [5.41, 5.74) is 0. The third kappa shape index (κ3) is 40.6. The highest BCUT2D eigenvalue weighted by Gasteiger charge is 2.28. The number of esters is 2. The van der Waals surface area contributed by atoms with Crippen LogP contribution in [0.4, 0.5) is 0 Å². The lowest BCUT2D eigenvalue weighted by molar-refractivity contribution is -0.161. The van der Waals surface area contributed by atoms with Crippen LogP contribution in [0.25, 0.3) is 0 Å². The van der Waals surface area contributed by atoms with E-state index in [1.165, 1.54) is 70.6 Å². The lowest BCUT2D eigenvalue weighted by atomic mass is 10.1. The van der Waals surface area contributed by atoms with Gasteiger partial charge in [0.25, 0.3) is 0 Å². The van der Waals surface area contributed by atoms with E-state index in [0.717, 1.165) is 70.6 Å². The third-order valence-electron chi connectivity index (χ3n) is 8.80. The first-order chi connectivity index (χ1) is 26.4. The number of phosphoric ester groups is 2. The Hall–Kier alpha value is -1.40. The molecule has 324 valence electrons. The average Bonchev–Trinajstić information content (AvgIpc) is 3.14. The number of unbranched alkanes of at least 4 members (excludes halogenated alkanes) is 20. The number of allylic oxidation sites excluding steroid dienone is 4. The third-order valence-corrected chi connectivity index (χ3v) is 10.2. The Morgan fingerprint density at radius 2 is 0.891 bits per heavy atom. The monoisotopic (exact) mass is 826 g/mol. The zero-order chi connectivity index (χ0) is 40.9. The Morgan fingerprint density at radius 3 is 1.35 bits per heavy atom. The van der Waals surface area contributed by atoms with Gasteiger partial charge in [0, 0.05) is 12.8 Å². The molecule has 0 aliphatic rings. The normalized spacial score (nSPS) is 14.4. The first kappa shape index (κ1) is 53.6. The van der Waals surface area contributed by atoms with E-state index in [0.29, 0.717) is 12.8 Å². The van der Waals surface area contributed by atoms with Crippen LogP contribution in [0.3, 0.4) is 0 Å². The summed E-state index contributed by atoms with van der Waals surface area (Å²) in [5, 5.41) is 9.73. The number of carbonyl (C=O) groups excluding carboxylic acids is 2. The zero-order valence-corrected chi connectivity index (χ0v) is 35.8. The number of hydrogen-bond acceptors (Lipinski definition) is 10. The molecule has 0 aromatic heterocycles.